The molecule has 0 atom stereocenters. The summed E-state index contributed by atoms with van der Waals surface area (Å²) in [6.07, 6.45) is 0. The Morgan fingerprint density at radius 1 is 1.67 bits per heavy atom. The van der Waals surface area contributed by atoms with E-state index < -0.39 is 4.92 Å². The van der Waals surface area contributed by atoms with Gasteiger partial charge in [-0.2, -0.15) is 0 Å². The molecule has 1 rings (SSSR count). The summed E-state index contributed by atoms with van der Waals surface area (Å²) in [4.78, 5) is 10.3. The lowest BCUT2D eigenvalue weighted by atomic mass is 10.2. The first kappa shape index (κ1) is 11.9. The van der Waals surface area contributed by atoms with Crippen molar-refractivity contribution in [3.63, 3.8) is 0 Å². The van der Waals surface area contributed by atoms with Gasteiger partial charge in [0.1, 0.15) is 0 Å². The summed E-state index contributed by atoms with van der Waals surface area (Å²) in [6, 6.07) is 3.07. The van der Waals surface area contributed by atoms with Crippen LogP contribution in [0.4, 0.5) is 11.4 Å². The molecule has 0 saturated heterocycles. The van der Waals surface area contributed by atoms with Gasteiger partial charge in [-0.05, 0) is 25.2 Å². The second-order valence-electron chi connectivity index (χ2n) is 2.85. The maximum Gasteiger partial charge on any atom is 0.275 e. The van der Waals surface area contributed by atoms with Crippen LogP contribution in [0.5, 0.6) is 0 Å². The number of rotatable bonds is 2. The molecule has 0 amide bonds. The first-order chi connectivity index (χ1) is 6.91. The number of benzene rings is 1. The largest absolute Gasteiger partial charge is 0.376 e. The lowest BCUT2D eigenvalue weighted by molar-refractivity contribution is -0.385. The van der Waals surface area contributed by atoms with Crippen LogP contribution in [0.15, 0.2) is 16.6 Å². The third-order valence-electron chi connectivity index (χ3n) is 1.78. The highest BCUT2D eigenvalue weighted by Gasteiger charge is 2.14. The Balaban J connectivity index is 3.23. The zero-order valence-corrected chi connectivity index (χ0v) is 10.2. The predicted molar refractivity (Wildman–Crippen MR) is 65.9 cm³/mol. The highest BCUT2D eigenvalue weighted by Crippen LogP contribution is 2.30. The normalized spacial score (nSPS) is 9.73. The summed E-state index contributed by atoms with van der Waals surface area (Å²) in [7, 11) is 0. The smallest absolute Gasteiger partial charge is 0.275 e. The maximum absolute atomic E-state index is 10.7. The minimum Gasteiger partial charge on any atom is -0.376 e. The van der Waals surface area contributed by atoms with E-state index in [-0.39, 0.29) is 10.8 Å². The van der Waals surface area contributed by atoms with Gasteiger partial charge in [-0.3, -0.25) is 10.1 Å². The van der Waals surface area contributed by atoms with Gasteiger partial charge >= 0.3 is 0 Å². The van der Waals surface area contributed by atoms with Crippen LogP contribution in [-0.4, -0.2) is 10.0 Å². The van der Waals surface area contributed by atoms with Crippen molar-refractivity contribution in [2.75, 3.05) is 5.32 Å². The van der Waals surface area contributed by atoms with Gasteiger partial charge in [-0.15, -0.1) is 0 Å². The van der Waals surface area contributed by atoms with E-state index in [2.05, 4.69) is 33.5 Å². The molecular formula is C8H8BrN3O2S. The van der Waals surface area contributed by atoms with Crippen LogP contribution in [0.2, 0.25) is 0 Å². The minimum atomic E-state index is -0.454. The Kier molecular flexibility index (Phi) is 3.59. The molecule has 0 aliphatic heterocycles. The van der Waals surface area contributed by atoms with Gasteiger partial charge < -0.3 is 11.1 Å². The molecule has 0 heterocycles. The van der Waals surface area contributed by atoms with Crippen LogP contribution >= 0.6 is 28.1 Å². The molecule has 15 heavy (non-hydrogen) atoms. The lowest BCUT2D eigenvalue weighted by Crippen LogP contribution is -2.19. The number of anilines is 1. The second-order valence-corrected chi connectivity index (χ2v) is 4.14. The fourth-order valence-corrected chi connectivity index (χ4v) is 1.64. The van der Waals surface area contributed by atoms with E-state index >= 15 is 0 Å². The summed E-state index contributed by atoms with van der Waals surface area (Å²) in [5.74, 6) is 0. The number of thiocarbonyl (C=S) groups is 1. The number of nitrogens with zero attached hydrogens (tertiary/aromatic N) is 1. The monoisotopic (exact) mass is 289 g/mol. The number of hydrogen-bond donors (Lipinski definition) is 2. The van der Waals surface area contributed by atoms with Crippen molar-refractivity contribution >= 4 is 44.6 Å². The lowest BCUT2D eigenvalue weighted by Gasteiger charge is -2.06. The number of nitrogens with two attached hydrogens (primary N) is 1. The van der Waals surface area contributed by atoms with Crippen molar-refractivity contribution < 1.29 is 4.92 Å². The minimum absolute atomic E-state index is 0.0168. The molecule has 0 aliphatic carbocycles. The SMILES string of the molecule is Cc1c(Br)cc(NC(N)=S)cc1[N+](=O)[O-]. The van der Waals surface area contributed by atoms with Gasteiger partial charge in [-0.1, -0.05) is 15.9 Å². The molecule has 0 aliphatic rings. The fraction of sp³-hybridized carbons (Fsp3) is 0.125. The third kappa shape index (κ3) is 2.87. The maximum atomic E-state index is 10.7. The van der Waals surface area contributed by atoms with Crippen LogP contribution in [-0.2, 0) is 0 Å². The third-order valence-corrected chi connectivity index (χ3v) is 2.71. The topological polar surface area (TPSA) is 81.2 Å². The zero-order valence-electron chi connectivity index (χ0n) is 7.78. The van der Waals surface area contributed by atoms with Gasteiger partial charge in [0.25, 0.3) is 5.69 Å². The number of hydrogen-bond acceptors (Lipinski definition) is 3. The van der Waals surface area contributed by atoms with Gasteiger partial charge in [0.05, 0.1) is 4.92 Å². The van der Waals surface area contributed by atoms with Gasteiger partial charge in [-0.25, -0.2) is 0 Å². The van der Waals surface area contributed by atoms with E-state index in [1.165, 1.54) is 6.07 Å². The summed E-state index contributed by atoms with van der Waals surface area (Å²) in [5, 5.41) is 13.4. The highest BCUT2D eigenvalue weighted by atomic mass is 79.9. The van der Waals surface area contributed by atoms with Crippen LogP contribution < -0.4 is 11.1 Å². The van der Waals surface area contributed by atoms with Crippen LogP contribution in [0.25, 0.3) is 0 Å². The van der Waals surface area contributed by atoms with Crippen molar-refractivity contribution in [2.45, 2.75) is 6.92 Å². The standard InChI is InChI=1S/C8H8BrN3O2S/c1-4-6(9)2-5(11-8(10)15)3-7(4)12(13)14/h2-3H,1H3,(H3,10,11,15). The molecule has 1 aromatic carbocycles. The fourth-order valence-electron chi connectivity index (χ4n) is 1.07. The zero-order chi connectivity index (χ0) is 11.6. The quantitative estimate of drug-likeness (QED) is 0.496. The van der Waals surface area contributed by atoms with E-state index in [0.717, 1.165) is 0 Å². The van der Waals surface area contributed by atoms with Crippen LogP contribution in [0.3, 0.4) is 0 Å². The van der Waals surface area contributed by atoms with E-state index in [4.69, 9.17) is 5.73 Å². The number of nitrogens with one attached hydrogen (secondary N) is 1. The number of nitro benzene ring substituents is 1. The molecule has 1 aromatic rings. The van der Waals surface area contributed by atoms with Crippen molar-refractivity contribution in [3.05, 3.63) is 32.3 Å². The van der Waals surface area contributed by atoms with Crippen LogP contribution in [0, 0.1) is 17.0 Å². The number of nitro groups is 1. The Labute approximate surface area is 99.9 Å². The first-order valence-corrected chi connectivity index (χ1v) is 5.13. The molecule has 0 radical (unpaired) electrons. The Bertz CT molecular complexity index is 436. The summed E-state index contributed by atoms with van der Waals surface area (Å²) >= 11 is 7.87. The van der Waals surface area contributed by atoms with Crippen molar-refractivity contribution in [3.8, 4) is 0 Å². The van der Waals surface area contributed by atoms with Gasteiger partial charge in [0.15, 0.2) is 5.11 Å². The van der Waals surface area contributed by atoms with E-state index in [1.54, 1.807) is 13.0 Å². The molecule has 0 aromatic heterocycles. The average Bonchev–Trinajstić information content (AvgIpc) is 2.09. The molecule has 0 unspecified atom stereocenters. The van der Waals surface area contributed by atoms with E-state index in [1.807, 2.05) is 0 Å². The molecule has 0 spiro atoms. The molecule has 0 bridgehead atoms. The van der Waals surface area contributed by atoms with E-state index in [0.29, 0.717) is 15.7 Å². The Morgan fingerprint density at radius 3 is 2.73 bits per heavy atom. The summed E-state index contributed by atoms with van der Waals surface area (Å²) < 4.78 is 0.635. The van der Waals surface area contributed by atoms with Crippen LogP contribution in [0.1, 0.15) is 5.56 Å². The predicted octanol–water partition coefficient (Wildman–Crippen LogP) is 2.32. The van der Waals surface area contributed by atoms with Gasteiger partial charge in [0, 0.05) is 21.8 Å². The molecule has 5 nitrogen and oxygen atoms in total. The first-order valence-electron chi connectivity index (χ1n) is 3.93. The van der Waals surface area contributed by atoms with Crippen molar-refractivity contribution in [1.29, 1.82) is 0 Å². The number of halogens is 1. The van der Waals surface area contributed by atoms with Crippen molar-refractivity contribution in [2.24, 2.45) is 5.73 Å². The average molecular weight is 290 g/mol. The summed E-state index contributed by atoms with van der Waals surface area (Å²) in [5.41, 5.74) is 6.35. The Hall–Kier alpha value is -1.21. The molecule has 0 fully saturated rings. The second kappa shape index (κ2) is 4.54. The molecule has 80 valence electrons. The molecule has 3 N–H and O–H groups in total. The van der Waals surface area contributed by atoms with Gasteiger partial charge in [0.2, 0.25) is 0 Å². The van der Waals surface area contributed by atoms with Crippen molar-refractivity contribution in [1.82, 2.24) is 0 Å². The summed E-state index contributed by atoms with van der Waals surface area (Å²) in [6.45, 7) is 1.66. The highest BCUT2D eigenvalue weighted by molar-refractivity contribution is 9.10. The molecule has 0 saturated carbocycles. The Morgan fingerprint density at radius 2 is 2.27 bits per heavy atom. The molecular weight excluding hydrogens is 282 g/mol. The van der Waals surface area contributed by atoms with E-state index in [9.17, 15) is 10.1 Å². The molecule has 7 heteroatoms.